The van der Waals surface area contributed by atoms with E-state index in [0.29, 0.717) is 26.2 Å². The average molecular weight is 462 g/mol. The van der Waals surface area contributed by atoms with Crippen molar-refractivity contribution in [2.75, 3.05) is 7.05 Å². The molecule has 2 aromatic carbocycles. The van der Waals surface area contributed by atoms with E-state index < -0.39 is 10.0 Å². The topological polar surface area (TPSA) is 82.2 Å². The van der Waals surface area contributed by atoms with Gasteiger partial charge < -0.3 is 4.98 Å². The Morgan fingerprint density at radius 3 is 2.15 bits per heavy atom. The highest BCUT2D eigenvalue weighted by atomic mass is 32.2. The molecule has 8 heteroatoms. The number of H-pyrrole nitrogens is 1. The van der Waals surface area contributed by atoms with Crippen LogP contribution in [0.2, 0.25) is 0 Å². The van der Waals surface area contributed by atoms with Crippen LogP contribution in [0.3, 0.4) is 0 Å². The lowest BCUT2D eigenvalue weighted by Gasteiger charge is -2.22. The summed E-state index contributed by atoms with van der Waals surface area (Å²) in [6.07, 6.45) is 7.16. The SMILES string of the molecule is CN(Cc1ccccc1)S(=O)(=O)c1ccc(CN(Cc2cccnc2)Cc2ncc[nH]2)cc1. The van der Waals surface area contributed by atoms with Crippen LogP contribution in [-0.2, 0) is 36.2 Å². The molecule has 2 aromatic heterocycles. The normalized spacial score (nSPS) is 11.8. The number of hydrogen-bond acceptors (Lipinski definition) is 5. The average Bonchev–Trinajstić information content (AvgIpc) is 3.34. The number of nitrogens with one attached hydrogen (secondary N) is 1. The Morgan fingerprint density at radius 2 is 1.48 bits per heavy atom. The molecule has 0 saturated heterocycles. The molecule has 0 aliphatic rings. The van der Waals surface area contributed by atoms with Crippen molar-refractivity contribution in [3.8, 4) is 0 Å². The quantitative estimate of drug-likeness (QED) is 0.388. The highest BCUT2D eigenvalue weighted by molar-refractivity contribution is 7.89. The number of rotatable bonds is 10. The van der Waals surface area contributed by atoms with Gasteiger partial charge in [-0.1, -0.05) is 48.5 Å². The lowest BCUT2D eigenvalue weighted by Crippen LogP contribution is -2.26. The lowest BCUT2D eigenvalue weighted by molar-refractivity contribution is 0.241. The van der Waals surface area contributed by atoms with Crippen LogP contribution in [0.15, 0.2) is 96.4 Å². The van der Waals surface area contributed by atoms with Gasteiger partial charge in [0.15, 0.2) is 0 Å². The molecule has 4 aromatic rings. The fourth-order valence-corrected chi connectivity index (χ4v) is 4.80. The van der Waals surface area contributed by atoms with Gasteiger partial charge in [-0.25, -0.2) is 13.4 Å². The second-order valence-electron chi connectivity index (χ2n) is 7.93. The fraction of sp³-hybridized carbons (Fsp3) is 0.200. The summed E-state index contributed by atoms with van der Waals surface area (Å²) in [5.41, 5.74) is 3.07. The van der Waals surface area contributed by atoms with Crippen molar-refractivity contribution in [3.05, 3.63) is 114 Å². The molecule has 0 fully saturated rings. The van der Waals surface area contributed by atoms with Crippen LogP contribution in [-0.4, -0.2) is 39.6 Å². The number of imidazole rings is 1. The third-order valence-electron chi connectivity index (χ3n) is 5.34. The van der Waals surface area contributed by atoms with E-state index in [2.05, 4.69) is 19.9 Å². The summed E-state index contributed by atoms with van der Waals surface area (Å²) in [4.78, 5) is 14.2. The first-order chi connectivity index (χ1) is 16.0. The van der Waals surface area contributed by atoms with Crippen LogP contribution in [0.1, 0.15) is 22.5 Å². The number of aromatic nitrogens is 3. The number of benzene rings is 2. The van der Waals surface area contributed by atoms with Crippen molar-refractivity contribution in [1.82, 2.24) is 24.2 Å². The Labute approximate surface area is 194 Å². The van der Waals surface area contributed by atoms with E-state index in [1.165, 1.54) is 4.31 Å². The van der Waals surface area contributed by atoms with Crippen molar-refractivity contribution >= 4 is 10.0 Å². The molecular formula is C25H27N5O2S. The van der Waals surface area contributed by atoms with E-state index >= 15 is 0 Å². The van der Waals surface area contributed by atoms with Crippen LogP contribution in [0.5, 0.6) is 0 Å². The zero-order valence-electron chi connectivity index (χ0n) is 18.5. The molecule has 0 aliphatic carbocycles. The molecule has 0 spiro atoms. The summed E-state index contributed by atoms with van der Waals surface area (Å²) >= 11 is 0. The summed E-state index contributed by atoms with van der Waals surface area (Å²) in [6, 6.07) is 20.7. The maximum Gasteiger partial charge on any atom is 0.243 e. The molecule has 0 aliphatic heterocycles. The smallest absolute Gasteiger partial charge is 0.243 e. The molecule has 0 unspecified atom stereocenters. The highest BCUT2D eigenvalue weighted by Crippen LogP contribution is 2.19. The summed E-state index contributed by atoms with van der Waals surface area (Å²) in [6.45, 7) is 2.32. The second kappa shape index (κ2) is 10.5. The first-order valence-corrected chi connectivity index (χ1v) is 12.1. The van der Waals surface area contributed by atoms with Crippen molar-refractivity contribution in [2.24, 2.45) is 0 Å². The van der Waals surface area contributed by atoms with Crippen LogP contribution >= 0.6 is 0 Å². The molecule has 1 N–H and O–H groups in total. The van der Waals surface area contributed by atoms with Gasteiger partial charge in [0.1, 0.15) is 5.82 Å². The van der Waals surface area contributed by atoms with Crippen molar-refractivity contribution in [2.45, 2.75) is 31.1 Å². The largest absolute Gasteiger partial charge is 0.348 e. The van der Waals surface area contributed by atoms with Gasteiger partial charge in [-0.3, -0.25) is 9.88 Å². The van der Waals surface area contributed by atoms with Crippen molar-refractivity contribution < 1.29 is 8.42 Å². The maximum atomic E-state index is 13.0. The van der Waals surface area contributed by atoms with Crippen molar-refractivity contribution in [3.63, 3.8) is 0 Å². The van der Waals surface area contributed by atoms with Crippen LogP contribution in [0.25, 0.3) is 0 Å². The van der Waals surface area contributed by atoms with Gasteiger partial charge in [0, 0.05) is 51.5 Å². The fourth-order valence-electron chi connectivity index (χ4n) is 3.64. The molecule has 4 rings (SSSR count). The Kier molecular flexibility index (Phi) is 7.29. The molecule has 33 heavy (non-hydrogen) atoms. The van der Waals surface area contributed by atoms with E-state index in [1.807, 2.05) is 67.0 Å². The van der Waals surface area contributed by atoms with E-state index in [9.17, 15) is 8.42 Å². The highest BCUT2D eigenvalue weighted by Gasteiger charge is 2.21. The van der Waals surface area contributed by atoms with Gasteiger partial charge in [0.25, 0.3) is 0 Å². The predicted molar refractivity (Wildman–Crippen MR) is 127 cm³/mol. The summed E-state index contributed by atoms with van der Waals surface area (Å²) in [7, 11) is -1.97. The Hall–Kier alpha value is -3.33. The molecule has 0 atom stereocenters. The number of hydrogen-bond donors (Lipinski definition) is 1. The summed E-state index contributed by atoms with van der Waals surface area (Å²) < 4.78 is 27.4. The van der Waals surface area contributed by atoms with Gasteiger partial charge in [-0.2, -0.15) is 4.31 Å². The van der Waals surface area contributed by atoms with Gasteiger partial charge in [0.05, 0.1) is 11.4 Å². The summed E-state index contributed by atoms with van der Waals surface area (Å²) in [5, 5.41) is 0. The van der Waals surface area contributed by atoms with Crippen LogP contribution in [0, 0.1) is 0 Å². The van der Waals surface area contributed by atoms with Crippen LogP contribution < -0.4 is 0 Å². The Bertz CT molecular complexity index is 1230. The van der Waals surface area contributed by atoms with Crippen molar-refractivity contribution in [1.29, 1.82) is 0 Å². The Morgan fingerprint density at radius 1 is 0.788 bits per heavy atom. The standard InChI is InChI=1S/C25H27N5O2S/c1-29(17-21-6-3-2-4-7-21)33(31,32)24-11-9-22(10-12-24)18-30(20-25-27-14-15-28-25)19-23-8-5-13-26-16-23/h2-16H,17-20H2,1H3,(H,27,28). The minimum Gasteiger partial charge on any atom is -0.348 e. The first-order valence-electron chi connectivity index (χ1n) is 10.7. The third-order valence-corrected chi connectivity index (χ3v) is 7.16. The zero-order chi connectivity index (χ0) is 23.1. The predicted octanol–water partition coefficient (Wildman–Crippen LogP) is 3.83. The monoisotopic (exact) mass is 461 g/mol. The molecule has 2 heterocycles. The molecule has 170 valence electrons. The molecule has 0 saturated carbocycles. The number of pyridine rings is 1. The number of sulfonamides is 1. The van der Waals surface area contributed by atoms with E-state index in [0.717, 1.165) is 22.5 Å². The number of aromatic amines is 1. The van der Waals surface area contributed by atoms with E-state index in [4.69, 9.17) is 0 Å². The zero-order valence-corrected chi connectivity index (χ0v) is 19.3. The van der Waals surface area contributed by atoms with E-state index in [-0.39, 0.29) is 4.90 Å². The third kappa shape index (κ3) is 6.13. The van der Waals surface area contributed by atoms with Gasteiger partial charge in [-0.15, -0.1) is 0 Å². The molecule has 0 radical (unpaired) electrons. The second-order valence-corrected chi connectivity index (χ2v) is 9.98. The van der Waals surface area contributed by atoms with Gasteiger partial charge in [-0.05, 0) is 34.9 Å². The molecule has 0 amide bonds. The number of nitrogens with zero attached hydrogens (tertiary/aromatic N) is 4. The Balaban J connectivity index is 1.47. The summed E-state index contributed by atoms with van der Waals surface area (Å²) in [5.74, 6) is 0.876. The van der Waals surface area contributed by atoms with Crippen LogP contribution in [0.4, 0.5) is 0 Å². The molecular weight excluding hydrogens is 434 g/mol. The minimum absolute atomic E-state index is 0.287. The first kappa shape index (κ1) is 22.8. The van der Waals surface area contributed by atoms with Gasteiger partial charge in [0.2, 0.25) is 10.0 Å². The van der Waals surface area contributed by atoms with Gasteiger partial charge >= 0.3 is 0 Å². The minimum atomic E-state index is -3.58. The molecule has 0 bridgehead atoms. The maximum absolute atomic E-state index is 13.0. The van der Waals surface area contributed by atoms with E-state index in [1.54, 1.807) is 31.6 Å². The lowest BCUT2D eigenvalue weighted by atomic mass is 10.2. The molecule has 7 nitrogen and oxygen atoms in total.